The Labute approximate surface area is 125 Å². The zero-order valence-electron chi connectivity index (χ0n) is 12.5. The molecule has 1 aromatic heterocycles. The summed E-state index contributed by atoms with van der Waals surface area (Å²) in [5.74, 6) is 0.988. The predicted octanol–water partition coefficient (Wildman–Crippen LogP) is 4.35. The maximum Gasteiger partial charge on any atom is 0.123 e. The molecule has 0 amide bonds. The maximum absolute atomic E-state index is 5.55. The Balaban J connectivity index is 2.14. The largest absolute Gasteiger partial charge is 0.496 e. The molecule has 0 saturated carbocycles. The summed E-state index contributed by atoms with van der Waals surface area (Å²) in [6, 6.07) is 11.1. The molecule has 1 unspecified atom stereocenters. The van der Waals surface area contributed by atoms with E-state index in [2.05, 4.69) is 54.9 Å². The number of aryl methyl sites for hydroxylation is 2. The Morgan fingerprint density at radius 3 is 2.80 bits per heavy atom. The van der Waals surface area contributed by atoms with Gasteiger partial charge in [0.1, 0.15) is 5.75 Å². The van der Waals surface area contributed by atoms with Crippen LogP contribution in [0.1, 0.15) is 35.4 Å². The van der Waals surface area contributed by atoms with Gasteiger partial charge in [-0.05, 0) is 49.4 Å². The van der Waals surface area contributed by atoms with Crippen LogP contribution in [0.4, 0.5) is 0 Å². The fraction of sp³-hybridized carbons (Fsp3) is 0.412. The Bertz CT molecular complexity index is 522. The maximum atomic E-state index is 5.55. The van der Waals surface area contributed by atoms with Crippen molar-refractivity contribution in [2.24, 2.45) is 0 Å². The molecule has 3 heteroatoms. The van der Waals surface area contributed by atoms with E-state index in [0.29, 0.717) is 6.04 Å². The molecule has 0 spiro atoms. The number of ether oxygens (including phenoxy) is 1. The molecule has 0 aliphatic rings. The quantitative estimate of drug-likeness (QED) is 0.818. The lowest BCUT2D eigenvalue weighted by atomic mass is 9.99. The predicted molar refractivity (Wildman–Crippen MR) is 86.8 cm³/mol. The molecule has 20 heavy (non-hydrogen) atoms. The second kappa shape index (κ2) is 7.46. The molecular formula is C17H23NOS. The van der Waals surface area contributed by atoms with E-state index in [1.807, 2.05) is 11.3 Å². The molecule has 1 heterocycles. The van der Waals surface area contributed by atoms with Crippen LogP contribution < -0.4 is 10.1 Å². The first-order valence-electron chi connectivity index (χ1n) is 7.15. The molecule has 2 aromatic rings. The Morgan fingerprint density at radius 2 is 2.15 bits per heavy atom. The van der Waals surface area contributed by atoms with Gasteiger partial charge in [-0.3, -0.25) is 0 Å². The van der Waals surface area contributed by atoms with Crippen LogP contribution in [-0.2, 0) is 6.42 Å². The van der Waals surface area contributed by atoms with Crippen molar-refractivity contribution in [2.45, 2.75) is 32.7 Å². The van der Waals surface area contributed by atoms with E-state index in [4.69, 9.17) is 4.74 Å². The van der Waals surface area contributed by atoms with Crippen molar-refractivity contribution in [3.8, 4) is 5.75 Å². The van der Waals surface area contributed by atoms with Crippen LogP contribution in [0.2, 0.25) is 0 Å². The highest BCUT2D eigenvalue weighted by atomic mass is 32.1. The lowest BCUT2D eigenvalue weighted by Gasteiger charge is -2.21. The second-order valence-corrected chi connectivity index (χ2v) is 6.01. The van der Waals surface area contributed by atoms with Crippen molar-refractivity contribution in [1.82, 2.24) is 5.32 Å². The lowest BCUT2D eigenvalue weighted by Crippen LogP contribution is -2.22. The molecular weight excluding hydrogens is 266 g/mol. The molecule has 1 N–H and O–H groups in total. The highest BCUT2D eigenvalue weighted by Gasteiger charge is 2.15. The van der Waals surface area contributed by atoms with Crippen LogP contribution in [0.25, 0.3) is 0 Å². The summed E-state index contributed by atoms with van der Waals surface area (Å²) in [4.78, 5) is 1.44. The van der Waals surface area contributed by atoms with Gasteiger partial charge in [0.05, 0.1) is 7.11 Å². The van der Waals surface area contributed by atoms with Crippen molar-refractivity contribution in [1.29, 1.82) is 0 Å². The normalized spacial score (nSPS) is 12.3. The summed E-state index contributed by atoms with van der Waals surface area (Å²) >= 11 is 1.83. The van der Waals surface area contributed by atoms with E-state index in [9.17, 15) is 0 Å². The monoisotopic (exact) mass is 289 g/mol. The summed E-state index contributed by atoms with van der Waals surface area (Å²) in [7, 11) is 1.75. The zero-order chi connectivity index (χ0) is 14.4. The van der Waals surface area contributed by atoms with Crippen LogP contribution in [0.5, 0.6) is 5.75 Å². The second-order valence-electron chi connectivity index (χ2n) is 4.97. The molecule has 0 saturated heterocycles. The Hall–Kier alpha value is -1.32. The number of methoxy groups -OCH3 is 1. The summed E-state index contributed by atoms with van der Waals surface area (Å²) in [6.45, 7) is 5.21. The van der Waals surface area contributed by atoms with Gasteiger partial charge in [-0.1, -0.05) is 25.1 Å². The number of hydrogen-bond acceptors (Lipinski definition) is 3. The summed E-state index contributed by atoms with van der Waals surface area (Å²) in [5.41, 5.74) is 2.50. The van der Waals surface area contributed by atoms with Gasteiger partial charge in [-0.25, -0.2) is 0 Å². The van der Waals surface area contributed by atoms with Gasteiger partial charge >= 0.3 is 0 Å². The van der Waals surface area contributed by atoms with E-state index in [1.165, 1.54) is 16.0 Å². The standard InChI is InChI=1S/C17H23NOS/c1-4-18-16(10-8-14-6-5-11-20-14)15-9-7-13(2)12-17(15)19-3/h5-7,9,11-12,16,18H,4,8,10H2,1-3H3. The van der Waals surface area contributed by atoms with E-state index in [-0.39, 0.29) is 0 Å². The van der Waals surface area contributed by atoms with Gasteiger partial charge in [-0.15, -0.1) is 11.3 Å². The molecule has 0 fully saturated rings. The van der Waals surface area contributed by atoms with Crippen LogP contribution >= 0.6 is 11.3 Å². The van der Waals surface area contributed by atoms with Crippen LogP contribution in [0.15, 0.2) is 35.7 Å². The van der Waals surface area contributed by atoms with Crippen molar-refractivity contribution >= 4 is 11.3 Å². The molecule has 108 valence electrons. The third kappa shape index (κ3) is 3.84. The molecule has 0 radical (unpaired) electrons. The fourth-order valence-corrected chi connectivity index (χ4v) is 3.19. The number of rotatable bonds is 7. The zero-order valence-corrected chi connectivity index (χ0v) is 13.3. The molecule has 1 atom stereocenters. The first kappa shape index (κ1) is 15.1. The molecule has 2 rings (SSSR count). The minimum atomic E-state index is 0.345. The van der Waals surface area contributed by atoms with Gasteiger partial charge in [0.25, 0.3) is 0 Å². The number of benzene rings is 1. The van der Waals surface area contributed by atoms with Crippen LogP contribution in [0, 0.1) is 6.92 Å². The summed E-state index contributed by atoms with van der Waals surface area (Å²) < 4.78 is 5.55. The molecule has 1 aromatic carbocycles. The molecule has 0 aliphatic carbocycles. The third-order valence-corrected chi connectivity index (χ3v) is 4.41. The number of nitrogens with one attached hydrogen (secondary N) is 1. The van der Waals surface area contributed by atoms with E-state index in [0.717, 1.165) is 25.1 Å². The van der Waals surface area contributed by atoms with Crippen molar-refractivity contribution in [3.63, 3.8) is 0 Å². The van der Waals surface area contributed by atoms with Crippen LogP contribution in [-0.4, -0.2) is 13.7 Å². The number of thiophene rings is 1. The van der Waals surface area contributed by atoms with E-state index >= 15 is 0 Å². The highest BCUT2D eigenvalue weighted by Crippen LogP contribution is 2.29. The third-order valence-electron chi connectivity index (χ3n) is 3.47. The minimum absolute atomic E-state index is 0.345. The van der Waals surface area contributed by atoms with E-state index < -0.39 is 0 Å². The van der Waals surface area contributed by atoms with Crippen molar-refractivity contribution < 1.29 is 4.74 Å². The van der Waals surface area contributed by atoms with E-state index in [1.54, 1.807) is 7.11 Å². The lowest BCUT2D eigenvalue weighted by molar-refractivity contribution is 0.396. The fourth-order valence-electron chi connectivity index (χ4n) is 2.46. The summed E-state index contributed by atoms with van der Waals surface area (Å²) in [6.07, 6.45) is 2.19. The van der Waals surface area contributed by atoms with Gasteiger partial charge in [-0.2, -0.15) is 0 Å². The van der Waals surface area contributed by atoms with Crippen LogP contribution in [0.3, 0.4) is 0 Å². The van der Waals surface area contributed by atoms with Crippen molar-refractivity contribution in [3.05, 3.63) is 51.7 Å². The number of hydrogen-bond donors (Lipinski definition) is 1. The summed E-state index contributed by atoms with van der Waals surface area (Å²) in [5, 5.41) is 5.72. The molecule has 0 bridgehead atoms. The molecule has 0 aliphatic heterocycles. The SMILES string of the molecule is CCNC(CCc1cccs1)c1ccc(C)cc1OC. The van der Waals surface area contributed by atoms with Gasteiger partial charge in [0, 0.05) is 16.5 Å². The first-order valence-corrected chi connectivity index (χ1v) is 8.03. The van der Waals surface area contributed by atoms with Gasteiger partial charge < -0.3 is 10.1 Å². The Morgan fingerprint density at radius 1 is 1.30 bits per heavy atom. The van der Waals surface area contributed by atoms with Gasteiger partial charge in [0.2, 0.25) is 0 Å². The topological polar surface area (TPSA) is 21.3 Å². The van der Waals surface area contributed by atoms with Gasteiger partial charge in [0.15, 0.2) is 0 Å². The van der Waals surface area contributed by atoms with Crippen molar-refractivity contribution in [2.75, 3.05) is 13.7 Å². The smallest absolute Gasteiger partial charge is 0.123 e. The first-order chi connectivity index (χ1) is 9.74. The minimum Gasteiger partial charge on any atom is -0.496 e. The average Bonchev–Trinajstić information content (AvgIpc) is 2.97. The highest BCUT2D eigenvalue weighted by molar-refractivity contribution is 7.09. The average molecular weight is 289 g/mol. The molecule has 2 nitrogen and oxygen atoms in total. The Kier molecular flexibility index (Phi) is 5.62.